The summed E-state index contributed by atoms with van der Waals surface area (Å²) in [6.45, 7) is 1.96. The molecular weight excluding hydrogens is 259 g/mol. The van der Waals surface area contributed by atoms with Crippen molar-refractivity contribution in [2.45, 2.75) is 19.4 Å². The SMILES string of the molecule is CN(C)Cc1ccc(F)c(N2CCC(C(=O)O)CC2)c1. The summed E-state index contributed by atoms with van der Waals surface area (Å²) in [5.74, 6) is -1.27. The lowest BCUT2D eigenvalue weighted by Crippen LogP contribution is -2.36. The third-order valence-electron chi connectivity index (χ3n) is 3.69. The van der Waals surface area contributed by atoms with Gasteiger partial charge >= 0.3 is 5.97 Å². The van der Waals surface area contributed by atoms with Crippen molar-refractivity contribution in [3.63, 3.8) is 0 Å². The molecule has 1 N–H and O–H groups in total. The third-order valence-corrected chi connectivity index (χ3v) is 3.69. The van der Waals surface area contributed by atoms with E-state index >= 15 is 0 Å². The van der Waals surface area contributed by atoms with Gasteiger partial charge in [0.25, 0.3) is 0 Å². The molecule has 0 spiro atoms. The van der Waals surface area contributed by atoms with Gasteiger partial charge in [0.1, 0.15) is 5.82 Å². The summed E-state index contributed by atoms with van der Waals surface area (Å²) in [4.78, 5) is 14.9. The average molecular weight is 280 g/mol. The van der Waals surface area contributed by atoms with E-state index < -0.39 is 5.97 Å². The highest BCUT2D eigenvalue weighted by molar-refractivity contribution is 5.70. The fraction of sp³-hybridized carbons (Fsp3) is 0.533. The standard InChI is InChI=1S/C15H21FN2O2/c1-17(2)10-11-3-4-13(16)14(9-11)18-7-5-12(6-8-18)15(19)20/h3-4,9,12H,5-8,10H2,1-2H3,(H,19,20). The molecule has 1 aliphatic heterocycles. The minimum atomic E-state index is -0.744. The van der Waals surface area contributed by atoms with Crippen molar-refractivity contribution in [2.75, 3.05) is 32.1 Å². The van der Waals surface area contributed by atoms with Crippen LogP contribution < -0.4 is 4.90 Å². The van der Waals surface area contributed by atoms with E-state index in [4.69, 9.17) is 5.11 Å². The number of hydrogen-bond acceptors (Lipinski definition) is 3. The van der Waals surface area contributed by atoms with Gasteiger partial charge in [-0.1, -0.05) is 6.07 Å². The highest BCUT2D eigenvalue weighted by atomic mass is 19.1. The molecule has 4 nitrogen and oxygen atoms in total. The normalized spacial score (nSPS) is 16.7. The Morgan fingerprint density at radius 2 is 2.05 bits per heavy atom. The lowest BCUT2D eigenvalue weighted by molar-refractivity contribution is -0.142. The van der Waals surface area contributed by atoms with E-state index in [1.165, 1.54) is 6.07 Å². The van der Waals surface area contributed by atoms with Crippen LogP contribution in [0.3, 0.4) is 0 Å². The molecule has 0 aromatic heterocycles. The largest absolute Gasteiger partial charge is 0.481 e. The molecule has 2 rings (SSSR count). The number of piperidine rings is 1. The molecule has 0 saturated carbocycles. The smallest absolute Gasteiger partial charge is 0.306 e. The Balaban J connectivity index is 2.10. The Bertz CT molecular complexity index is 483. The highest BCUT2D eigenvalue weighted by Crippen LogP contribution is 2.27. The maximum Gasteiger partial charge on any atom is 0.306 e. The monoisotopic (exact) mass is 280 g/mol. The van der Waals surface area contributed by atoms with Crippen molar-refractivity contribution in [3.8, 4) is 0 Å². The number of carbonyl (C=O) groups is 1. The van der Waals surface area contributed by atoms with Crippen molar-refractivity contribution in [3.05, 3.63) is 29.6 Å². The Hall–Kier alpha value is -1.62. The predicted molar refractivity (Wildman–Crippen MR) is 76.4 cm³/mol. The molecule has 1 aliphatic rings. The van der Waals surface area contributed by atoms with E-state index in [2.05, 4.69) is 0 Å². The van der Waals surface area contributed by atoms with Crippen LogP contribution in [0.25, 0.3) is 0 Å². The Labute approximate surface area is 118 Å². The predicted octanol–water partition coefficient (Wildman–Crippen LogP) is 2.19. The van der Waals surface area contributed by atoms with Gasteiger partial charge < -0.3 is 14.9 Å². The number of anilines is 1. The first-order valence-corrected chi connectivity index (χ1v) is 6.88. The number of aliphatic carboxylic acids is 1. The third kappa shape index (κ3) is 3.48. The summed E-state index contributed by atoms with van der Waals surface area (Å²) in [6.07, 6.45) is 1.15. The molecule has 1 aromatic rings. The second-order valence-electron chi connectivity index (χ2n) is 5.62. The number of carboxylic acids is 1. The van der Waals surface area contributed by atoms with Crippen LogP contribution in [0.1, 0.15) is 18.4 Å². The molecule has 1 saturated heterocycles. The van der Waals surface area contributed by atoms with Crippen LogP contribution in [0.15, 0.2) is 18.2 Å². The first kappa shape index (κ1) is 14.8. The maximum atomic E-state index is 14.0. The Morgan fingerprint density at radius 3 is 2.60 bits per heavy atom. The molecule has 0 radical (unpaired) electrons. The number of nitrogens with zero attached hydrogens (tertiary/aromatic N) is 2. The van der Waals surface area contributed by atoms with Gasteiger partial charge in [-0.3, -0.25) is 4.79 Å². The van der Waals surface area contributed by atoms with Crippen molar-refractivity contribution in [1.82, 2.24) is 4.90 Å². The van der Waals surface area contributed by atoms with Gasteiger partial charge in [0.05, 0.1) is 11.6 Å². The van der Waals surface area contributed by atoms with Crippen LogP contribution in [0, 0.1) is 11.7 Å². The zero-order valence-corrected chi connectivity index (χ0v) is 12.0. The van der Waals surface area contributed by atoms with Gasteiger partial charge in [-0.15, -0.1) is 0 Å². The molecule has 1 heterocycles. The van der Waals surface area contributed by atoms with Crippen molar-refractivity contribution in [1.29, 1.82) is 0 Å². The summed E-state index contributed by atoms with van der Waals surface area (Å²) in [5, 5.41) is 8.99. The van der Waals surface area contributed by atoms with Crippen LogP contribution in [-0.4, -0.2) is 43.2 Å². The van der Waals surface area contributed by atoms with Gasteiger partial charge in [0.15, 0.2) is 0 Å². The van der Waals surface area contributed by atoms with E-state index in [0.717, 1.165) is 12.1 Å². The fourth-order valence-corrected chi connectivity index (χ4v) is 2.63. The van der Waals surface area contributed by atoms with Crippen LogP contribution in [0.5, 0.6) is 0 Å². The van der Waals surface area contributed by atoms with Crippen LogP contribution in [-0.2, 0) is 11.3 Å². The van der Waals surface area contributed by atoms with Gasteiger partial charge in [-0.25, -0.2) is 4.39 Å². The van der Waals surface area contributed by atoms with E-state index in [0.29, 0.717) is 31.6 Å². The van der Waals surface area contributed by atoms with E-state index in [-0.39, 0.29) is 11.7 Å². The van der Waals surface area contributed by atoms with E-state index in [9.17, 15) is 9.18 Å². The first-order valence-electron chi connectivity index (χ1n) is 6.88. The lowest BCUT2D eigenvalue weighted by atomic mass is 9.96. The fourth-order valence-electron chi connectivity index (χ4n) is 2.63. The molecule has 0 aliphatic carbocycles. The summed E-state index contributed by atoms with van der Waals surface area (Å²) >= 11 is 0. The molecule has 0 unspecified atom stereocenters. The number of rotatable bonds is 4. The van der Waals surface area contributed by atoms with Crippen molar-refractivity contribution >= 4 is 11.7 Å². The van der Waals surface area contributed by atoms with Crippen molar-refractivity contribution < 1.29 is 14.3 Å². The van der Waals surface area contributed by atoms with E-state index in [1.807, 2.05) is 30.0 Å². The average Bonchev–Trinajstić information content (AvgIpc) is 2.40. The number of hydrogen-bond donors (Lipinski definition) is 1. The number of benzene rings is 1. The second-order valence-corrected chi connectivity index (χ2v) is 5.62. The van der Waals surface area contributed by atoms with Crippen molar-refractivity contribution in [2.24, 2.45) is 5.92 Å². The number of halogens is 1. The summed E-state index contributed by atoms with van der Waals surface area (Å²) < 4.78 is 14.0. The van der Waals surface area contributed by atoms with Gasteiger partial charge in [-0.2, -0.15) is 0 Å². The van der Waals surface area contributed by atoms with Gasteiger partial charge in [0, 0.05) is 19.6 Å². The quantitative estimate of drug-likeness (QED) is 0.918. The second kappa shape index (κ2) is 6.22. The molecule has 5 heteroatoms. The van der Waals surface area contributed by atoms with Gasteiger partial charge in [-0.05, 0) is 44.6 Å². The zero-order chi connectivity index (χ0) is 14.7. The maximum absolute atomic E-state index is 14.0. The molecule has 0 atom stereocenters. The summed E-state index contributed by atoms with van der Waals surface area (Å²) in [7, 11) is 3.95. The number of carboxylic acid groups (broad SMARTS) is 1. The minimum absolute atomic E-state index is 0.235. The lowest BCUT2D eigenvalue weighted by Gasteiger charge is -2.32. The topological polar surface area (TPSA) is 43.8 Å². The Kier molecular flexibility index (Phi) is 4.60. The molecule has 0 bridgehead atoms. The highest BCUT2D eigenvalue weighted by Gasteiger charge is 2.25. The first-order chi connectivity index (χ1) is 9.47. The molecular formula is C15H21FN2O2. The van der Waals surface area contributed by atoms with Crippen LogP contribution in [0.4, 0.5) is 10.1 Å². The molecule has 1 aromatic carbocycles. The zero-order valence-electron chi connectivity index (χ0n) is 12.0. The molecule has 110 valence electrons. The summed E-state index contributed by atoms with van der Waals surface area (Å²) in [5.41, 5.74) is 1.65. The molecule has 1 fully saturated rings. The Morgan fingerprint density at radius 1 is 1.40 bits per heavy atom. The van der Waals surface area contributed by atoms with E-state index in [1.54, 1.807) is 6.07 Å². The molecule has 20 heavy (non-hydrogen) atoms. The minimum Gasteiger partial charge on any atom is -0.481 e. The summed E-state index contributed by atoms with van der Waals surface area (Å²) in [6, 6.07) is 5.16. The molecule has 0 amide bonds. The van der Waals surface area contributed by atoms with Crippen LogP contribution in [0.2, 0.25) is 0 Å². The van der Waals surface area contributed by atoms with Gasteiger partial charge in [0.2, 0.25) is 0 Å². The van der Waals surface area contributed by atoms with Crippen LogP contribution >= 0.6 is 0 Å².